The molecular formula is C9H21N3O4S. The number of nitrogens with one attached hydrogen (secondary N) is 1. The van der Waals surface area contributed by atoms with Crippen LogP contribution in [-0.4, -0.2) is 51.5 Å². The third-order valence-corrected chi connectivity index (χ3v) is 4.00. The zero-order chi connectivity index (χ0) is 13.7. The molecule has 0 amide bonds. The molecule has 0 aliphatic carbocycles. The van der Waals surface area contributed by atoms with Gasteiger partial charge in [-0.25, -0.2) is 0 Å². The van der Waals surface area contributed by atoms with Gasteiger partial charge in [-0.15, -0.1) is 0 Å². The van der Waals surface area contributed by atoms with E-state index in [0.29, 0.717) is 0 Å². The van der Waals surface area contributed by atoms with Crippen molar-refractivity contribution in [1.29, 1.82) is 0 Å². The number of ether oxygens (including phenoxy) is 1. The highest BCUT2D eigenvalue weighted by Crippen LogP contribution is 2.05. The minimum absolute atomic E-state index is 0.0109. The molecule has 0 aromatic rings. The molecule has 0 aromatic heterocycles. The molecule has 8 heteroatoms. The van der Waals surface area contributed by atoms with Crippen molar-refractivity contribution in [3.63, 3.8) is 0 Å². The maximum absolute atomic E-state index is 11.8. The second kappa shape index (κ2) is 6.29. The second-order valence-corrected chi connectivity index (χ2v) is 6.12. The van der Waals surface area contributed by atoms with E-state index in [1.54, 1.807) is 13.8 Å². The highest BCUT2D eigenvalue weighted by Gasteiger charge is 2.26. The molecule has 0 aromatic carbocycles. The summed E-state index contributed by atoms with van der Waals surface area (Å²) >= 11 is 0. The van der Waals surface area contributed by atoms with Gasteiger partial charge in [-0.3, -0.25) is 4.79 Å². The number of carbonyl (C=O) groups is 1. The molecule has 7 nitrogen and oxygen atoms in total. The molecule has 0 aliphatic rings. The van der Waals surface area contributed by atoms with E-state index in [1.165, 1.54) is 14.2 Å². The van der Waals surface area contributed by atoms with Crippen LogP contribution in [0.15, 0.2) is 0 Å². The Morgan fingerprint density at radius 1 is 1.47 bits per heavy atom. The fourth-order valence-corrected chi connectivity index (χ4v) is 2.21. The Morgan fingerprint density at radius 2 is 2.00 bits per heavy atom. The number of methoxy groups -OCH3 is 1. The molecule has 0 saturated carbocycles. The monoisotopic (exact) mass is 267 g/mol. The lowest BCUT2D eigenvalue weighted by molar-refractivity contribution is -0.140. The largest absolute Gasteiger partial charge is 0.469 e. The minimum atomic E-state index is -3.64. The quantitative estimate of drug-likeness (QED) is 0.579. The van der Waals surface area contributed by atoms with Gasteiger partial charge in [0, 0.05) is 25.7 Å². The molecule has 0 heterocycles. The predicted molar refractivity (Wildman–Crippen MR) is 64.5 cm³/mol. The van der Waals surface area contributed by atoms with Crippen LogP contribution in [0.1, 0.15) is 20.3 Å². The predicted octanol–water partition coefficient (Wildman–Crippen LogP) is -0.947. The van der Waals surface area contributed by atoms with Crippen LogP contribution in [0.5, 0.6) is 0 Å². The molecule has 102 valence electrons. The lowest BCUT2D eigenvalue weighted by atomic mass is 10.1. The molecule has 0 saturated heterocycles. The first-order chi connectivity index (χ1) is 7.64. The van der Waals surface area contributed by atoms with Crippen molar-refractivity contribution < 1.29 is 17.9 Å². The van der Waals surface area contributed by atoms with E-state index >= 15 is 0 Å². The summed E-state index contributed by atoms with van der Waals surface area (Å²) in [5, 5.41) is 0. The Hall–Kier alpha value is -0.700. The lowest BCUT2D eigenvalue weighted by Crippen LogP contribution is -2.53. The van der Waals surface area contributed by atoms with Crippen molar-refractivity contribution >= 4 is 16.2 Å². The van der Waals surface area contributed by atoms with Gasteiger partial charge in [-0.05, 0) is 13.8 Å². The van der Waals surface area contributed by atoms with Crippen molar-refractivity contribution in [2.75, 3.05) is 27.2 Å². The van der Waals surface area contributed by atoms with E-state index in [0.717, 1.165) is 4.31 Å². The summed E-state index contributed by atoms with van der Waals surface area (Å²) < 4.78 is 31.6. The topological polar surface area (TPSA) is 102 Å². The van der Waals surface area contributed by atoms with Gasteiger partial charge in [0.05, 0.1) is 13.5 Å². The van der Waals surface area contributed by atoms with Crippen LogP contribution in [0.4, 0.5) is 0 Å². The van der Waals surface area contributed by atoms with Gasteiger partial charge in [0.1, 0.15) is 0 Å². The lowest BCUT2D eigenvalue weighted by Gasteiger charge is -2.27. The Morgan fingerprint density at radius 3 is 2.41 bits per heavy atom. The van der Waals surface area contributed by atoms with Crippen LogP contribution in [0.25, 0.3) is 0 Å². The molecule has 0 radical (unpaired) electrons. The van der Waals surface area contributed by atoms with Gasteiger partial charge in [-0.1, -0.05) is 0 Å². The maximum Gasteiger partial charge on any atom is 0.306 e. The van der Waals surface area contributed by atoms with Crippen molar-refractivity contribution in [3.05, 3.63) is 0 Å². The van der Waals surface area contributed by atoms with E-state index in [2.05, 4.69) is 9.46 Å². The Labute approximate surface area is 102 Å². The average molecular weight is 267 g/mol. The number of rotatable bonds is 7. The van der Waals surface area contributed by atoms with Gasteiger partial charge in [0.2, 0.25) is 0 Å². The van der Waals surface area contributed by atoms with E-state index in [-0.39, 0.29) is 19.5 Å². The fraction of sp³-hybridized carbons (Fsp3) is 0.889. The summed E-state index contributed by atoms with van der Waals surface area (Å²) in [5.74, 6) is -0.454. The fourth-order valence-electron chi connectivity index (χ4n) is 0.940. The third kappa shape index (κ3) is 5.97. The Balaban J connectivity index is 4.46. The highest BCUT2D eigenvalue weighted by atomic mass is 32.2. The molecule has 0 atom stereocenters. The molecule has 0 spiro atoms. The zero-order valence-electron chi connectivity index (χ0n) is 10.7. The van der Waals surface area contributed by atoms with Crippen molar-refractivity contribution in [2.24, 2.45) is 5.73 Å². The summed E-state index contributed by atoms with van der Waals surface area (Å²) in [5.41, 5.74) is 4.71. The van der Waals surface area contributed by atoms with Crippen LogP contribution in [-0.2, 0) is 19.7 Å². The summed E-state index contributed by atoms with van der Waals surface area (Å²) in [6, 6.07) is 0. The summed E-state index contributed by atoms with van der Waals surface area (Å²) in [6.07, 6.45) is 0.0109. The molecule has 3 N–H and O–H groups in total. The number of hydrogen-bond acceptors (Lipinski definition) is 5. The first-order valence-corrected chi connectivity index (χ1v) is 6.61. The maximum atomic E-state index is 11.8. The molecule has 0 unspecified atom stereocenters. The van der Waals surface area contributed by atoms with E-state index in [1.807, 2.05) is 0 Å². The SMILES string of the molecule is COC(=O)CCN(C)S(=O)(=O)NC(C)(C)CN. The van der Waals surface area contributed by atoms with Crippen LogP contribution < -0.4 is 10.5 Å². The Bertz CT molecular complexity index is 353. The molecule has 0 aliphatic heterocycles. The number of nitrogens with zero attached hydrogens (tertiary/aromatic N) is 1. The van der Waals surface area contributed by atoms with Gasteiger partial charge >= 0.3 is 5.97 Å². The first-order valence-electron chi connectivity index (χ1n) is 5.17. The van der Waals surface area contributed by atoms with Gasteiger partial charge in [0.25, 0.3) is 10.2 Å². The van der Waals surface area contributed by atoms with Crippen LogP contribution in [0, 0.1) is 0 Å². The standard InChI is InChI=1S/C9H21N3O4S/c1-9(2,7-10)11-17(14,15)12(3)6-5-8(13)16-4/h11H,5-7,10H2,1-4H3. The smallest absolute Gasteiger partial charge is 0.306 e. The van der Waals surface area contributed by atoms with E-state index in [9.17, 15) is 13.2 Å². The summed E-state index contributed by atoms with van der Waals surface area (Å²) in [4.78, 5) is 10.9. The minimum Gasteiger partial charge on any atom is -0.469 e. The first kappa shape index (κ1) is 16.3. The van der Waals surface area contributed by atoms with E-state index < -0.39 is 21.7 Å². The average Bonchev–Trinajstić information content (AvgIpc) is 2.23. The molecule has 0 fully saturated rings. The molecule has 17 heavy (non-hydrogen) atoms. The number of hydrogen-bond donors (Lipinski definition) is 2. The van der Waals surface area contributed by atoms with E-state index in [4.69, 9.17) is 5.73 Å². The number of carbonyl (C=O) groups excluding carboxylic acids is 1. The summed E-state index contributed by atoms with van der Waals surface area (Å²) in [6.45, 7) is 3.59. The third-order valence-electron chi connectivity index (χ3n) is 2.18. The van der Waals surface area contributed by atoms with Crippen molar-refractivity contribution in [3.8, 4) is 0 Å². The van der Waals surface area contributed by atoms with Gasteiger partial charge in [0.15, 0.2) is 0 Å². The van der Waals surface area contributed by atoms with Crippen LogP contribution in [0.2, 0.25) is 0 Å². The summed E-state index contributed by atoms with van der Waals surface area (Å²) in [7, 11) is -0.995. The van der Waals surface area contributed by atoms with Crippen LogP contribution >= 0.6 is 0 Å². The van der Waals surface area contributed by atoms with Crippen LogP contribution in [0.3, 0.4) is 0 Å². The number of esters is 1. The zero-order valence-corrected chi connectivity index (χ0v) is 11.5. The van der Waals surface area contributed by atoms with Gasteiger partial charge < -0.3 is 10.5 Å². The normalized spacial score (nSPS) is 12.8. The molecule has 0 rings (SSSR count). The molecule has 0 bridgehead atoms. The molecular weight excluding hydrogens is 246 g/mol. The number of nitrogens with two attached hydrogens (primary N) is 1. The van der Waals surface area contributed by atoms with Gasteiger partial charge in [-0.2, -0.15) is 17.4 Å². The highest BCUT2D eigenvalue weighted by molar-refractivity contribution is 7.87. The second-order valence-electron chi connectivity index (χ2n) is 4.34. The van der Waals surface area contributed by atoms with Crippen molar-refractivity contribution in [2.45, 2.75) is 25.8 Å². The van der Waals surface area contributed by atoms with Crippen molar-refractivity contribution in [1.82, 2.24) is 9.03 Å². The Kier molecular flexibility index (Phi) is 6.03.